The molecular formula is C66H102N20O27. The highest BCUT2D eigenvalue weighted by Crippen LogP contribution is 2.21. The van der Waals surface area contributed by atoms with Gasteiger partial charge in [0.25, 0.3) is 0 Å². The van der Waals surface area contributed by atoms with Gasteiger partial charge in [0.2, 0.25) is 100 Å². The molecule has 113 heavy (non-hydrogen) atoms. The van der Waals surface area contributed by atoms with E-state index in [9.17, 15) is 126 Å². The highest BCUT2D eigenvalue weighted by atomic mass is 16.4. The molecule has 0 aliphatic carbocycles. The van der Waals surface area contributed by atoms with Crippen LogP contribution in [0.2, 0.25) is 0 Å². The van der Waals surface area contributed by atoms with E-state index >= 15 is 0 Å². The van der Waals surface area contributed by atoms with E-state index in [1.54, 1.807) is 6.07 Å². The molecule has 1 fully saturated rings. The minimum atomic E-state index is -2.11. The van der Waals surface area contributed by atoms with E-state index in [4.69, 9.17) is 39.5 Å². The Labute approximate surface area is 644 Å². The molecular weight excluding hydrogens is 1500 g/mol. The van der Waals surface area contributed by atoms with E-state index in [1.165, 1.54) is 31.2 Å². The monoisotopic (exact) mass is 1610 g/mol. The number of amides is 17. The van der Waals surface area contributed by atoms with Gasteiger partial charge in [-0.1, -0.05) is 30.3 Å². The molecule has 31 N–H and O–H groups in total. The molecule has 1 saturated heterocycles. The first kappa shape index (κ1) is 97.0. The number of aliphatic hydroxyl groups excluding tert-OH is 2. The number of carboxylic acid groups (broad SMARTS) is 4. The van der Waals surface area contributed by atoms with Crippen molar-refractivity contribution >= 4 is 124 Å². The molecule has 1 heterocycles. The van der Waals surface area contributed by atoms with Crippen molar-refractivity contribution in [2.45, 2.75) is 208 Å². The number of carboxylic acids is 4. The molecule has 14 atom stereocenters. The predicted octanol–water partition coefficient (Wildman–Crippen LogP) is -12.3. The maximum absolute atomic E-state index is 14.2. The van der Waals surface area contributed by atoms with Gasteiger partial charge in [-0.25, -0.2) is 4.79 Å². The first-order valence-corrected chi connectivity index (χ1v) is 35.5. The van der Waals surface area contributed by atoms with E-state index in [0.29, 0.717) is 24.8 Å². The summed E-state index contributed by atoms with van der Waals surface area (Å²) in [6, 6.07) is -16.8. The van der Waals surface area contributed by atoms with Crippen molar-refractivity contribution < 1.29 is 131 Å². The molecule has 2 rings (SSSR count). The van der Waals surface area contributed by atoms with Crippen molar-refractivity contribution in [3.8, 4) is 0 Å². The largest absolute Gasteiger partial charge is 0.481 e. The summed E-state index contributed by atoms with van der Waals surface area (Å²) in [5.41, 5.74) is 33.2. The van der Waals surface area contributed by atoms with Crippen molar-refractivity contribution in [1.29, 1.82) is 0 Å². The number of aliphatic carboxylic acids is 4. The lowest BCUT2D eigenvalue weighted by atomic mass is 10.0. The molecule has 0 bridgehead atoms. The molecule has 0 aromatic heterocycles. The first-order valence-electron chi connectivity index (χ1n) is 35.5. The van der Waals surface area contributed by atoms with Crippen LogP contribution in [0, 0.1) is 0 Å². The number of primary amides is 3. The lowest BCUT2D eigenvalue weighted by molar-refractivity contribution is -0.144. The van der Waals surface area contributed by atoms with Crippen molar-refractivity contribution in [2.75, 3.05) is 39.4 Å². The molecule has 1 aromatic rings. The molecule has 0 saturated carbocycles. The van der Waals surface area contributed by atoms with E-state index < -0.39 is 280 Å². The maximum Gasteiger partial charge on any atom is 0.326 e. The van der Waals surface area contributed by atoms with Crippen molar-refractivity contribution in [3.05, 3.63) is 35.9 Å². The number of rotatable bonds is 54. The second kappa shape index (κ2) is 49.9. The van der Waals surface area contributed by atoms with E-state index in [1.807, 2.05) is 21.3 Å². The average molecular weight is 1610 g/mol. The minimum absolute atomic E-state index is 0.0436. The molecule has 628 valence electrons. The summed E-state index contributed by atoms with van der Waals surface area (Å²) in [6.07, 6.45) is -5.47. The van der Waals surface area contributed by atoms with Gasteiger partial charge in [-0.3, -0.25) is 95.9 Å². The Morgan fingerprint density at radius 2 is 0.823 bits per heavy atom. The second-order valence-corrected chi connectivity index (χ2v) is 26.1. The second-order valence-electron chi connectivity index (χ2n) is 26.1. The minimum Gasteiger partial charge on any atom is -0.481 e. The summed E-state index contributed by atoms with van der Waals surface area (Å²) in [5.74, 6) is -26.1. The lowest BCUT2D eigenvalue weighted by Gasteiger charge is -2.30. The van der Waals surface area contributed by atoms with Gasteiger partial charge in [0.1, 0.15) is 78.5 Å². The molecule has 1 aliphatic rings. The number of unbranched alkanes of at least 4 members (excludes halogenated alkanes) is 2. The highest BCUT2D eigenvalue weighted by Gasteiger charge is 2.42. The molecule has 47 heteroatoms. The van der Waals surface area contributed by atoms with Gasteiger partial charge in [-0.15, -0.1) is 0 Å². The number of benzene rings is 1. The summed E-state index contributed by atoms with van der Waals surface area (Å²) in [4.78, 5) is 274. The quantitative estimate of drug-likeness (QED) is 0.0269. The summed E-state index contributed by atoms with van der Waals surface area (Å²) in [7, 11) is 0. The van der Waals surface area contributed by atoms with Crippen LogP contribution in [-0.4, -0.2) is 284 Å². The Bertz CT molecular complexity index is 3570. The molecule has 47 nitrogen and oxygen atoms in total. The third-order valence-corrected chi connectivity index (χ3v) is 16.9. The van der Waals surface area contributed by atoms with Crippen LogP contribution in [0.15, 0.2) is 30.3 Å². The zero-order valence-electron chi connectivity index (χ0n) is 61.9. The number of likely N-dealkylation sites (tertiary alicyclic amines) is 1. The van der Waals surface area contributed by atoms with Crippen LogP contribution < -0.4 is 104 Å². The number of nitrogens with one attached hydrogen (secondary N) is 13. The third-order valence-electron chi connectivity index (χ3n) is 16.9. The topological polar surface area (TPSA) is 796 Å². The summed E-state index contributed by atoms with van der Waals surface area (Å²) >= 11 is 0. The maximum atomic E-state index is 14.2. The first-order chi connectivity index (χ1) is 53.2. The summed E-state index contributed by atoms with van der Waals surface area (Å²) < 4.78 is 0. The van der Waals surface area contributed by atoms with Gasteiger partial charge >= 0.3 is 23.9 Å². The Hall–Kier alpha value is -12.1. The van der Waals surface area contributed by atoms with Gasteiger partial charge in [-0.2, -0.15) is 0 Å². The molecule has 17 amide bonds. The molecule has 1 aromatic carbocycles. The van der Waals surface area contributed by atoms with Gasteiger partial charge in [-0.05, 0) is 96.7 Å². The number of hydrogen-bond acceptors (Lipinski definition) is 26. The van der Waals surface area contributed by atoms with Crippen molar-refractivity contribution in [2.24, 2.45) is 34.4 Å². The fourth-order valence-electron chi connectivity index (χ4n) is 10.8. The Balaban J connectivity index is 2.33. The molecule has 0 unspecified atom stereocenters. The van der Waals surface area contributed by atoms with Crippen LogP contribution in [0.25, 0.3) is 0 Å². The van der Waals surface area contributed by atoms with Gasteiger partial charge in [0.15, 0.2) is 0 Å². The van der Waals surface area contributed by atoms with Crippen LogP contribution in [0.5, 0.6) is 0 Å². The number of nitrogens with zero attached hydrogens (tertiary/aromatic N) is 1. The van der Waals surface area contributed by atoms with Gasteiger partial charge in [0, 0.05) is 25.8 Å². The highest BCUT2D eigenvalue weighted by molar-refractivity contribution is 6.02. The number of nitrogens with two attached hydrogens (primary N) is 6. The zero-order valence-corrected chi connectivity index (χ0v) is 61.9. The van der Waals surface area contributed by atoms with Crippen molar-refractivity contribution in [1.82, 2.24) is 74.0 Å². The van der Waals surface area contributed by atoms with Crippen molar-refractivity contribution in [3.63, 3.8) is 0 Å². The van der Waals surface area contributed by atoms with Crippen LogP contribution >= 0.6 is 0 Å². The fraction of sp³-hybridized carbons (Fsp3) is 0.591. The van der Waals surface area contributed by atoms with Crippen LogP contribution in [-0.2, 0) is 107 Å². The number of carbonyl (C=O) groups is 21. The average Bonchev–Trinajstić information content (AvgIpc) is 1.68. The number of carbonyl (C=O) groups excluding carboxylic acids is 17. The standard InChI is InChI=1S/C66H102N20O27/c1-31(74-57(103)36(14-7-9-21-68)78-55(101)34(69)16-18-50(93)94)53(99)77-35(13-6-8-20-67)56(102)73-28-49(92)76-41(25-47(71)90)65(111)86-22-10-15-45(86)64(110)79-37(17-19-51(95)96)58(104)84-44(30-88)63(109)85-43(29-87)62(108)80-38(23-33-11-4-3-5-12-33)60(106)81-39(24-46(70)89)61(107)82-40(27-52(97)98)59(105)75-32(2)54(100)83-42(66(112)113)26-48(72)91/h3-5,11-12,31-32,34-45,87-88H,6-10,13-30,67-69H2,1-2H3,(H2,70,89)(H2,71,90)(H2,72,91)(H,73,102)(H,74,103)(H,75,105)(H,76,92)(H,77,99)(H,78,101)(H,79,110)(H,80,108)(H,81,106)(H,82,107)(H,83,100)(H,84,104)(H,85,109)(H,93,94)(H,95,96)(H,97,98)(H,112,113)/t31-,32-,34-,35-,36-,37-,38-,39-,40-,41-,42-,43-,44-,45-/m0/s1. The van der Waals surface area contributed by atoms with Gasteiger partial charge in [0.05, 0.1) is 51.5 Å². The summed E-state index contributed by atoms with van der Waals surface area (Å²) in [5, 5.41) is 87.2. The molecule has 0 radical (unpaired) electrons. The van der Waals surface area contributed by atoms with E-state index in [2.05, 4.69) is 47.9 Å². The zero-order chi connectivity index (χ0) is 85.4. The molecule has 1 aliphatic heterocycles. The SMILES string of the molecule is C[C@H](NC(=O)[C@H](CC(=O)O)NC(=O)[C@H](CC(N)=O)NC(=O)[C@H](Cc1ccccc1)NC(=O)[C@H](CO)NC(=O)[C@H](CO)NC(=O)[C@H](CCC(=O)O)NC(=O)[C@@H]1CCCN1C(=O)[C@H](CC(N)=O)NC(=O)CNC(=O)[C@H](CCCCN)NC(=O)[C@H](C)NC(=O)[C@H](CCCCN)NC(=O)[C@@H](N)CCC(=O)O)C(=O)N[C@@H](CC(N)=O)C(=O)O. The molecule has 0 spiro atoms. The van der Waals surface area contributed by atoms with Crippen LogP contribution in [0.3, 0.4) is 0 Å². The fourth-order valence-corrected chi connectivity index (χ4v) is 10.8. The third kappa shape index (κ3) is 36.1. The number of aliphatic hydroxyl groups is 2. The smallest absolute Gasteiger partial charge is 0.326 e. The Kier molecular flexibility index (Phi) is 42.8. The van der Waals surface area contributed by atoms with E-state index in [0.717, 1.165) is 11.8 Å². The van der Waals surface area contributed by atoms with Crippen LogP contribution in [0.4, 0.5) is 0 Å². The van der Waals surface area contributed by atoms with Crippen LogP contribution in [0.1, 0.15) is 122 Å². The normalized spacial score (nSPS) is 15.7. The number of hydrogen-bond donors (Lipinski definition) is 25. The Morgan fingerprint density at radius 3 is 1.31 bits per heavy atom. The lowest BCUT2D eigenvalue weighted by Crippen LogP contribution is -2.62. The van der Waals surface area contributed by atoms with E-state index in [-0.39, 0.29) is 58.2 Å². The van der Waals surface area contributed by atoms with Gasteiger partial charge < -0.3 is 139 Å². The summed E-state index contributed by atoms with van der Waals surface area (Å²) in [6.45, 7) is -1.05. The Morgan fingerprint density at radius 1 is 0.425 bits per heavy atom. The predicted molar refractivity (Wildman–Crippen MR) is 385 cm³/mol.